The Bertz CT molecular complexity index is 729. The summed E-state index contributed by atoms with van der Waals surface area (Å²) in [6, 6.07) is 0. The summed E-state index contributed by atoms with van der Waals surface area (Å²) in [4.78, 5) is 12.7. The number of morpholine rings is 1. The van der Waals surface area contributed by atoms with Gasteiger partial charge in [0.2, 0.25) is 0 Å². The van der Waals surface area contributed by atoms with Gasteiger partial charge in [0, 0.05) is 50.0 Å². The van der Waals surface area contributed by atoms with Crippen LogP contribution < -0.4 is 10.6 Å². The highest BCUT2D eigenvalue weighted by Crippen LogP contribution is 2.33. The van der Waals surface area contributed by atoms with Gasteiger partial charge < -0.3 is 15.4 Å². The number of hydrogen-bond donors (Lipinski definition) is 2. The van der Waals surface area contributed by atoms with Crippen molar-refractivity contribution >= 4 is 22.3 Å². The molecule has 0 unspecified atom stereocenters. The molecular weight excluding hydrogens is 360 g/mol. The van der Waals surface area contributed by atoms with Crippen LogP contribution in [0.2, 0.25) is 0 Å². The molecule has 1 aliphatic heterocycles. The van der Waals surface area contributed by atoms with Crippen molar-refractivity contribution in [2.75, 3.05) is 39.9 Å². The Balaban J connectivity index is 1.35. The molecule has 0 bridgehead atoms. The van der Waals surface area contributed by atoms with Gasteiger partial charge in [-0.15, -0.1) is 11.3 Å². The number of guanidine groups is 1. The molecule has 2 aromatic heterocycles. The fourth-order valence-corrected chi connectivity index (χ4v) is 5.08. The molecule has 0 radical (unpaired) electrons. The molecule has 2 aliphatic rings. The lowest BCUT2D eigenvalue weighted by atomic mass is 9.80. The van der Waals surface area contributed by atoms with E-state index in [1.807, 2.05) is 13.2 Å². The Morgan fingerprint density at radius 3 is 2.81 bits per heavy atom. The minimum atomic E-state index is 0.233. The van der Waals surface area contributed by atoms with Gasteiger partial charge in [-0.25, -0.2) is 4.98 Å². The van der Waals surface area contributed by atoms with Crippen LogP contribution in [0, 0.1) is 0 Å². The number of aromatic nitrogens is 2. The molecule has 27 heavy (non-hydrogen) atoms. The van der Waals surface area contributed by atoms with Crippen LogP contribution in [0.25, 0.3) is 4.96 Å². The van der Waals surface area contributed by atoms with E-state index in [0.717, 1.165) is 49.5 Å². The zero-order chi connectivity index (χ0) is 18.5. The summed E-state index contributed by atoms with van der Waals surface area (Å²) in [6.45, 7) is 5.40. The van der Waals surface area contributed by atoms with Gasteiger partial charge in [0.1, 0.15) is 0 Å². The predicted octanol–water partition coefficient (Wildman–Crippen LogP) is 2.10. The summed E-state index contributed by atoms with van der Waals surface area (Å²) in [5.74, 6) is 0.851. The molecule has 1 saturated heterocycles. The summed E-state index contributed by atoms with van der Waals surface area (Å²) >= 11 is 1.65. The minimum absolute atomic E-state index is 0.233. The monoisotopic (exact) mass is 390 g/mol. The van der Waals surface area contributed by atoms with Gasteiger partial charge in [0.05, 0.1) is 25.5 Å². The Morgan fingerprint density at radius 1 is 1.26 bits per heavy atom. The van der Waals surface area contributed by atoms with E-state index in [1.165, 1.54) is 32.1 Å². The smallest absolute Gasteiger partial charge is 0.193 e. The van der Waals surface area contributed by atoms with Crippen LogP contribution in [0.4, 0.5) is 0 Å². The van der Waals surface area contributed by atoms with E-state index in [-0.39, 0.29) is 5.54 Å². The third-order valence-corrected chi connectivity index (χ3v) is 6.63. The van der Waals surface area contributed by atoms with Crippen LogP contribution in [0.1, 0.15) is 37.8 Å². The van der Waals surface area contributed by atoms with Crippen molar-refractivity contribution < 1.29 is 4.74 Å². The molecule has 2 fully saturated rings. The van der Waals surface area contributed by atoms with E-state index < -0.39 is 0 Å². The summed E-state index contributed by atoms with van der Waals surface area (Å²) in [5, 5.41) is 9.07. The molecule has 7 nitrogen and oxygen atoms in total. The highest BCUT2D eigenvalue weighted by Gasteiger charge is 2.38. The normalized spacial score (nSPS) is 21.4. The van der Waals surface area contributed by atoms with Gasteiger partial charge in [-0.3, -0.25) is 14.3 Å². The first-order valence-electron chi connectivity index (χ1n) is 9.97. The number of imidazole rings is 1. The van der Waals surface area contributed by atoms with Crippen molar-refractivity contribution in [1.29, 1.82) is 0 Å². The summed E-state index contributed by atoms with van der Waals surface area (Å²) in [5.41, 5.74) is 1.27. The quantitative estimate of drug-likeness (QED) is 0.605. The van der Waals surface area contributed by atoms with Crippen LogP contribution in [0.3, 0.4) is 0 Å². The SMILES string of the molecule is CN=C(NCc1cn2ccsc2n1)NCC1(N2CCOCC2)CCCCC1. The maximum absolute atomic E-state index is 5.58. The van der Waals surface area contributed by atoms with Gasteiger partial charge >= 0.3 is 0 Å². The van der Waals surface area contributed by atoms with Gasteiger partial charge in [0.15, 0.2) is 10.9 Å². The van der Waals surface area contributed by atoms with Gasteiger partial charge in [-0.2, -0.15) is 0 Å². The Morgan fingerprint density at radius 2 is 2.07 bits per heavy atom. The van der Waals surface area contributed by atoms with Gasteiger partial charge in [0.25, 0.3) is 0 Å². The van der Waals surface area contributed by atoms with Crippen molar-refractivity contribution in [3.8, 4) is 0 Å². The molecular formula is C19H30N6OS. The first-order valence-corrected chi connectivity index (χ1v) is 10.9. The van der Waals surface area contributed by atoms with Crippen LogP contribution in [-0.2, 0) is 11.3 Å². The van der Waals surface area contributed by atoms with Crippen molar-refractivity contribution in [2.45, 2.75) is 44.2 Å². The first kappa shape index (κ1) is 18.7. The number of nitrogens with one attached hydrogen (secondary N) is 2. The second kappa shape index (κ2) is 8.58. The Labute approximate surface area is 164 Å². The average molecular weight is 391 g/mol. The number of rotatable bonds is 5. The van der Waals surface area contributed by atoms with E-state index in [0.29, 0.717) is 6.54 Å². The summed E-state index contributed by atoms with van der Waals surface area (Å²) in [6.07, 6.45) is 10.6. The van der Waals surface area contributed by atoms with Crippen LogP contribution in [-0.4, -0.2) is 65.7 Å². The zero-order valence-corrected chi connectivity index (χ0v) is 16.9. The van der Waals surface area contributed by atoms with E-state index in [9.17, 15) is 0 Å². The maximum Gasteiger partial charge on any atom is 0.193 e. The van der Waals surface area contributed by atoms with Crippen molar-refractivity contribution in [2.24, 2.45) is 4.99 Å². The van der Waals surface area contributed by atoms with E-state index >= 15 is 0 Å². The van der Waals surface area contributed by atoms with E-state index in [1.54, 1.807) is 11.3 Å². The Kier molecular flexibility index (Phi) is 5.95. The fourth-order valence-electron chi connectivity index (χ4n) is 4.36. The average Bonchev–Trinajstić information content (AvgIpc) is 3.31. The van der Waals surface area contributed by atoms with Crippen molar-refractivity contribution in [1.82, 2.24) is 24.9 Å². The third-order valence-electron chi connectivity index (χ3n) is 5.85. The fraction of sp³-hybridized carbons (Fsp3) is 0.684. The largest absolute Gasteiger partial charge is 0.379 e. The van der Waals surface area contributed by atoms with Crippen LogP contribution >= 0.6 is 11.3 Å². The van der Waals surface area contributed by atoms with Crippen molar-refractivity contribution in [3.05, 3.63) is 23.5 Å². The maximum atomic E-state index is 5.58. The lowest BCUT2D eigenvalue weighted by molar-refractivity contribution is -0.0352. The lowest BCUT2D eigenvalue weighted by Crippen LogP contribution is -2.60. The summed E-state index contributed by atoms with van der Waals surface area (Å²) < 4.78 is 7.64. The minimum Gasteiger partial charge on any atom is -0.379 e. The molecule has 0 spiro atoms. The molecule has 0 aromatic carbocycles. The second-order valence-corrected chi connectivity index (χ2v) is 8.36. The van der Waals surface area contributed by atoms with Gasteiger partial charge in [-0.1, -0.05) is 19.3 Å². The standard InChI is InChI=1S/C19H30N6OS/c1-20-17(21-13-16-14-24-9-12-27-18(24)23-16)22-15-19(5-3-2-4-6-19)25-7-10-26-11-8-25/h9,12,14H,2-8,10-11,13,15H2,1H3,(H2,20,21,22). The molecule has 2 aromatic rings. The lowest BCUT2D eigenvalue weighted by Gasteiger charge is -2.48. The first-order chi connectivity index (χ1) is 13.3. The second-order valence-electron chi connectivity index (χ2n) is 7.49. The molecule has 2 N–H and O–H groups in total. The molecule has 0 atom stereocenters. The number of fused-ring (bicyclic) bond motifs is 1. The van der Waals surface area contributed by atoms with E-state index in [4.69, 9.17) is 4.74 Å². The van der Waals surface area contributed by atoms with E-state index in [2.05, 4.69) is 41.5 Å². The van der Waals surface area contributed by atoms with Gasteiger partial charge in [-0.05, 0) is 12.8 Å². The topological polar surface area (TPSA) is 66.2 Å². The number of ether oxygens (including phenoxy) is 1. The number of nitrogens with zero attached hydrogens (tertiary/aromatic N) is 4. The molecule has 148 valence electrons. The number of aliphatic imine (C=N–C) groups is 1. The highest BCUT2D eigenvalue weighted by atomic mass is 32.1. The Hall–Kier alpha value is -1.64. The third kappa shape index (κ3) is 4.28. The number of hydrogen-bond acceptors (Lipinski definition) is 5. The van der Waals surface area contributed by atoms with Crippen LogP contribution in [0.15, 0.2) is 22.8 Å². The molecule has 0 amide bonds. The van der Waals surface area contributed by atoms with Crippen molar-refractivity contribution in [3.63, 3.8) is 0 Å². The summed E-state index contributed by atoms with van der Waals surface area (Å²) in [7, 11) is 1.84. The molecule has 8 heteroatoms. The highest BCUT2D eigenvalue weighted by molar-refractivity contribution is 7.15. The molecule has 1 aliphatic carbocycles. The molecule has 1 saturated carbocycles. The van der Waals surface area contributed by atoms with Crippen LogP contribution in [0.5, 0.6) is 0 Å². The molecule has 3 heterocycles. The predicted molar refractivity (Wildman–Crippen MR) is 109 cm³/mol. The zero-order valence-electron chi connectivity index (χ0n) is 16.1. The number of thiazole rings is 1. The molecule has 4 rings (SSSR count).